The van der Waals surface area contributed by atoms with Crippen molar-refractivity contribution in [2.75, 3.05) is 25.7 Å². The van der Waals surface area contributed by atoms with Crippen molar-refractivity contribution in [1.82, 2.24) is 5.01 Å². The molecule has 0 spiro atoms. The van der Waals surface area contributed by atoms with E-state index in [-0.39, 0.29) is 0 Å². The topological polar surface area (TPSA) is 37.3 Å². The van der Waals surface area contributed by atoms with E-state index in [9.17, 15) is 0 Å². The minimum absolute atomic E-state index is 0.565. The van der Waals surface area contributed by atoms with Crippen molar-refractivity contribution in [3.05, 3.63) is 54.1 Å². The molecule has 0 aliphatic carbocycles. The summed E-state index contributed by atoms with van der Waals surface area (Å²) in [5.41, 5.74) is 2.07. The van der Waals surface area contributed by atoms with Crippen LogP contribution in [0, 0.1) is 6.92 Å². The Morgan fingerprint density at radius 3 is 2.55 bits per heavy atom. The summed E-state index contributed by atoms with van der Waals surface area (Å²) in [6, 6.07) is 16.3. The molecular formula is C17H19N3O2. The Labute approximate surface area is 130 Å². The van der Waals surface area contributed by atoms with Gasteiger partial charge >= 0.3 is 6.02 Å². The number of benzene rings is 2. The third-order valence-electron chi connectivity index (χ3n) is 3.46. The van der Waals surface area contributed by atoms with Gasteiger partial charge in [-0.3, -0.25) is 9.91 Å². The lowest BCUT2D eigenvalue weighted by Crippen LogP contribution is -2.31. The first-order chi connectivity index (χ1) is 10.7. The maximum atomic E-state index is 6.06. The normalized spacial score (nSPS) is 14.0. The molecule has 0 atom stereocenters. The molecule has 3 rings (SSSR count). The standard InChI is InChI=1S/C17H19N3O2/c1-13-8-7-11-15(22-14-9-5-4-6-10-14)16(13)20-12-19(2)18-17(20)21-3/h4-11H,12H2,1-3H3. The van der Waals surface area contributed by atoms with Crippen molar-refractivity contribution in [1.29, 1.82) is 0 Å². The van der Waals surface area contributed by atoms with Gasteiger partial charge in [0.2, 0.25) is 0 Å². The second-order valence-corrected chi connectivity index (χ2v) is 5.15. The first-order valence-corrected chi connectivity index (χ1v) is 7.13. The molecule has 1 aliphatic heterocycles. The average Bonchev–Trinajstić information content (AvgIpc) is 2.89. The van der Waals surface area contributed by atoms with Gasteiger partial charge in [-0.1, -0.05) is 30.3 Å². The molecule has 0 saturated heterocycles. The van der Waals surface area contributed by atoms with Crippen LogP contribution in [0.25, 0.3) is 0 Å². The molecule has 0 amide bonds. The number of methoxy groups -OCH3 is 1. The van der Waals surface area contributed by atoms with Gasteiger partial charge in [-0.05, 0) is 30.7 Å². The third-order valence-corrected chi connectivity index (χ3v) is 3.46. The molecule has 5 heteroatoms. The number of para-hydroxylation sites is 2. The fraction of sp³-hybridized carbons (Fsp3) is 0.235. The predicted octanol–water partition coefficient (Wildman–Crippen LogP) is 3.41. The molecule has 0 aromatic heterocycles. The molecule has 5 nitrogen and oxygen atoms in total. The van der Waals surface area contributed by atoms with Crippen LogP contribution in [0.5, 0.6) is 11.5 Å². The number of nitrogens with zero attached hydrogens (tertiary/aromatic N) is 3. The Hall–Kier alpha value is -2.69. The molecule has 2 aromatic rings. The zero-order chi connectivity index (χ0) is 15.5. The van der Waals surface area contributed by atoms with E-state index in [0.29, 0.717) is 12.7 Å². The van der Waals surface area contributed by atoms with Gasteiger partial charge in [0.05, 0.1) is 12.8 Å². The van der Waals surface area contributed by atoms with Gasteiger partial charge in [0, 0.05) is 7.05 Å². The molecule has 0 bridgehead atoms. The number of anilines is 1. The summed E-state index contributed by atoms with van der Waals surface area (Å²) in [4.78, 5) is 2.01. The number of ether oxygens (including phenoxy) is 2. The lowest BCUT2D eigenvalue weighted by atomic mass is 10.1. The first kappa shape index (κ1) is 14.3. The van der Waals surface area contributed by atoms with E-state index in [4.69, 9.17) is 9.47 Å². The molecule has 22 heavy (non-hydrogen) atoms. The zero-order valence-corrected chi connectivity index (χ0v) is 13.0. The van der Waals surface area contributed by atoms with Crippen molar-refractivity contribution in [3.63, 3.8) is 0 Å². The van der Waals surface area contributed by atoms with Crippen LogP contribution >= 0.6 is 0 Å². The third kappa shape index (κ3) is 2.70. The molecule has 1 heterocycles. The van der Waals surface area contributed by atoms with Gasteiger partial charge in [0.1, 0.15) is 12.4 Å². The van der Waals surface area contributed by atoms with Gasteiger partial charge < -0.3 is 9.47 Å². The van der Waals surface area contributed by atoms with Crippen LogP contribution in [-0.2, 0) is 4.74 Å². The number of amidine groups is 1. The highest BCUT2D eigenvalue weighted by Crippen LogP contribution is 2.36. The van der Waals surface area contributed by atoms with E-state index in [2.05, 4.69) is 18.1 Å². The molecule has 0 saturated carbocycles. The van der Waals surface area contributed by atoms with Gasteiger partial charge in [-0.25, -0.2) is 0 Å². The fourth-order valence-electron chi connectivity index (χ4n) is 2.49. The molecule has 0 unspecified atom stereocenters. The maximum Gasteiger partial charge on any atom is 0.315 e. The molecule has 1 aliphatic rings. The highest BCUT2D eigenvalue weighted by atomic mass is 16.5. The average molecular weight is 297 g/mol. The summed E-state index contributed by atoms with van der Waals surface area (Å²) in [7, 11) is 3.54. The number of aryl methyl sites for hydroxylation is 1. The summed E-state index contributed by atoms with van der Waals surface area (Å²) in [5.74, 6) is 1.59. The molecule has 0 radical (unpaired) electrons. The van der Waals surface area contributed by atoms with E-state index in [0.717, 1.165) is 22.7 Å². The quantitative estimate of drug-likeness (QED) is 0.870. The van der Waals surface area contributed by atoms with Crippen molar-refractivity contribution in [2.45, 2.75) is 6.92 Å². The number of rotatable bonds is 3. The number of hydrazone groups is 1. The molecular weight excluding hydrogens is 278 g/mol. The van der Waals surface area contributed by atoms with Crippen LogP contribution in [0.15, 0.2) is 53.6 Å². The Bertz CT molecular complexity index is 686. The highest BCUT2D eigenvalue weighted by molar-refractivity contribution is 5.95. The summed E-state index contributed by atoms with van der Waals surface area (Å²) in [6.45, 7) is 2.68. The molecule has 114 valence electrons. The number of hydrogen-bond donors (Lipinski definition) is 0. The van der Waals surface area contributed by atoms with Crippen molar-refractivity contribution >= 4 is 11.7 Å². The summed E-state index contributed by atoms with van der Waals surface area (Å²) in [5, 5.41) is 6.18. The fourth-order valence-corrected chi connectivity index (χ4v) is 2.49. The van der Waals surface area contributed by atoms with Crippen LogP contribution in [-0.4, -0.2) is 31.9 Å². The zero-order valence-electron chi connectivity index (χ0n) is 13.0. The van der Waals surface area contributed by atoms with Crippen LogP contribution in [0.1, 0.15) is 5.56 Å². The summed E-state index contributed by atoms with van der Waals surface area (Å²) < 4.78 is 11.4. The van der Waals surface area contributed by atoms with Gasteiger partial charge in [-0.2, -0.15) is 0 Å². The van der Waals surface area contributed by atoms with Gasteiger partial charge in [0.15, 0.2) is 5.75 Å². The van der Waals surface area contributed by atoms with E-state index in [1.807, 2.05) is 59.4 Å². The van der Waals surface area contributed by atoms with Crippen LogP contribution in [0.3, 0.4) is 0 Å². The largest absolute Gasteiger partial charge is 0.467 e. The van der Waals surface area contributed by atoms with E-state index in [1.165, 1.54) is 0 Å². The predicted molar refractivity (Wildman–Crippen MR) is 87.2 cm³/mol. The molecule has 0 fully saturated rings. The number of hydrogen-bond acceptors (Lipinski definition) is 5. The van der Waals surface area contributed by atoms with Crippen LogP contribution in [0.2, 0.25) is 0 Å². The monoisotopic (exact) mass is 297 g/mol. The Kier molecular flexibility index (Phi) is 3.87. The Morgan fingerprint density at radius 1 is 1.05 bits per heavy atom. The van der Waals surface area contributed by atoms with Gasteiger partial charge in [-0.15, -0.1) is 5.10 Å². The van der Waals surface area contributed by atoms with Crippen LogP contribution in [0.4, 0.5) is 5.69 Å². The maximum absolute atomic E-state index is 6.06. The van der Waals surface area contributed by atoms with Gasteiger partial charge in [0.25, 0.3) is 0 Å². The second-order valence-electron chi connectivity index (χ2n) is 5.15. The Balaban J connectivity index is 1.99. The van der Waals surface area contributed by atoms with Crippen LogP contribution < -0.4 is 9.64 Å². The second kappa shape index (κ2) is 5.97. The minimum Gasteiger partial charge on any atom is -0.467 e. The Morgan fingerprint density at radius 2 is 1.82 bits per heavy atom. The smallest absolute Gasteiger partial charge is 0.315 e. The minimum atomic E-state index is 0.565. The first-order valence-electron chi connectivity index (χ1n) is 7.13. The SMILES string of the molecule is COC1=NN(C)CN1c1c(C)cccc1Oc1ccccc1. The molecule has 0 N–H and O–H groups in total. The van der Waals surface area contributed by atoms with Crippen molar-refractivity contribution in [2.24, 2.45) is 5.10 Å². The molecule has 2 aromatic carbocycles. The van der Waals surface area contributed by atoms with E-state index >= 15 is 0 Å². The van der Waals surface area contributed by atoms with E-state index < -0.39 is 0 Å². The summed E-state index contributed by atoms with van der Waals surface area (Å²) in [6.07, 6.45) is 0. The highest BCUT2D eigenvalue weighted by Gasteiger charge is 2.27. The lowest BCUT2D eigenvalue weighted by molar-refractivity contribution is 0.377. The summed E-state index contributed by atoms with van der Waals surface area (Å²) >= 11 is 0. The van der Waals surface area contributed by atoms with E-state index in [1.54, 1.807) is 7.11 Å². The van der Waals surface area contributed by atoms with Crippen molar-refractivity contribution in [3.8, 4) is 11.5 Å². The lowest BCUT2D eigenvalue weighted by Gasteiger charge is -2.23. The van der Waals surface area contributed by atoms with Crippen molar-refractivity contribution < 1.29 is 9.47 Å².